The molecule has 0 aromatic carbocycles. The van der Waals surface area contributed by atoms with Crippen molar-refractivity contribution in [1.29, 1.82) is 0 Å². The van der Waals surface area contributed by atoms with Crippen LogP contribution in [0.2, 0.25) is 0 Å². The second-order valence-electron chi connectivity index (χ2n) is 2.52. The van der Waals surface area contributed by atoms with Crippen LogP contribution in [0.1, 0.15) is 19.8 Å². The van der Waals surface area contributed by atoms with Gasteiger partial charge >= 0.3 is 5.97 Å². The molecule has 2 nitrogen and oxygen atoms in total. The van der Waals surface area contributed by atoms with E-state index in [1.54, 1.807) is 6.92 Å². The monoisotopic (exact) mass is 138 g/mol. The van der Waals surface area contributed by atoms with Crippen LogP contribution in [0.15, 0.2) is 0 Å². The highest BCUT2D eigenvalue weighted by Crippen LogP contribution is 2.30. The van der Waals surface area contributed by atoms with Crippen LogP contribution in [0.4, 0.5) is 0 Å². The van der Waals surface area contributed by atoms with E-state index in [9.17, 15) is 4.79 Å². The molecule has 1 unspecified atom stereocenters. The van der Waals surface area contributed by atoms with Crippen molar-refractivity contribution >= 4 is 5.97 Å². The fourth-order valence-electron chi connectivity index (χ4n) is 0.624. The third-order valence-electron chi connectivity index (χ3n) is 1.44. The molecule has 0 N–H and O–H groups in total. The summed E-state index contributed by atoms with van der Waals surface area (Å²) in [6.07, 6.45) is 6.58. The molecule has 0 amide bonds. The number of carbonyl (C=O) groups excluding carboxylic acids is 1. The Balaban J connectivity index is 2.24. The molecular formula is C8H10O2. The first-order chi connectivity index (χ1) is 4.74. The molecule has 1 saturated carbocycles. The lowest BCUT2D eigenvalue weighted by molar-refractivity contribution is -0.147. The molecule has 10 heavy (non-hydrogen) atoms. The normalized spacial score (nSPS) is 19.2. The van der Waals surface area contributed by atoms with Gasteiger partial charge in [-0.05, 0) is 19.8 Å². The van der Waals surface area contributed by atoms with Gasteiger partial charge in [0.2, 0.25) is 0 Å². The molecule has 1 aliphatic rings. The zero-order valence-corrected chi connectivity index (χ0v) is 5.96. The molecule has 0 saturated heterocycles. The molecule has 0 spiro atoms. The summed E-state index contributed by atoms with van der Waals surface area (Å²) in [5.41, 5.74) is 0. The summed E-state index contributed by atoms with van der Waals surface area (Å²) >= 11 is 0. The highest BCUT2D eigenvalue weighted by atomic mass is 16.5. The molecule has 1 fully saturated rings. The molecule has 2 heteroatoms. The molecular weight excluding hydrogens is 128 g/mol. The zero-order valence-electron chi connectivity index (χ0n) is 5.96. The van der Waals surface area contributed by atoms with Gasteiger partial charge in [0, 0.05) is 0 Å². The molecule has 0 radical (unpaired) electrons. The van der Waals surface area contributed by atoms with Crippen molar-refractivity contribution in [1.82, 2.24) is 0 Å². The summed E-state index contributed by atoms with van der Waals surface area (Å²) in [7, 11) is 0. The van der Waals surface area contributed by atoms with Crippen LogP contribution in [0, 0.1) is 18.3 Å². The van der Waals surface area contributed by atoms with Crippen LogP contribution in [0.25, 0.3) is 0 Å². The maximum atomic E-state index is 10.9. The molecule has 0 aliphatic heterocycles. The summed E-state index contributed by atoms with van der Waals surface area (Å²) in [5.74, 6) is 2.35. The van der Waals surface area contributed by atoms with E-state index >= 15 is 0 Å². The van der Waals surface area contributed by atoms with Crippen molar-refractivity contribution in [2.24, 2.45) is 5.92 Å². The second-order valence-corrected chi connectivity index (χ2v) is 2.52. The van der Waals surface area contributed by atoms with Gasteiger partial charge in [0.25, 0.3) is 0 Å². The first-order valence-corrected chi connectivity index (χ1v) is 3.40. The van der Waals surface area contributed by atoms with Crippen LogP contribution < -0.4 is 0 Å². The highest BCUT2D eigenvalue weighted by molar-refractivity contribution is 5.75. The SMILES string of the molecule is C#CC(C)OC(=O)C1CC1. The van der Waals surface area contributed by atoms with Gasteiger partial charge in [-0.25, -0.2) is 0 Å². The maximum Gasteiger partial charge on any atom is 0.310 e. The van der Waals surface area contributed by atoms with Crippen LogP contribution in [-0.4, -0.2) is 12.1 Å². The van der Waals surface area contributed by atoms with Crippen molar-refractivity contribution in [2.75, 3.05) is 0 Å². The number of ether oxygens (including phenoxy) is 1. The van der Waals surface area contributed by atoms with Crippen LogP contribution in [-0.2, 0) is 9.53 Å². The van der Waals surface area contributed by atoms with Crippen LogP contribution in [0.3, 0.4) is 0 Å². The first kappa shape index (κ1) is 7.14. The third kappa shape index (κ3) is 1.77. The van der Waals surface area contributed by atoms with Crippen LogP contribution in [0.5, 0.6) is 0 Å². The van der Waals surface area contributed by atoms with Gasteiger partial charge in [0.05, 0.1) is 5.92 Å². The van der Waals surface area contributed by atoms with E-state index in [-0.39, 0.29) is 18.0 Å². The minimum Gasteiger partial charge on any atom is -0.449 e. The Hall–Kier alpha value is -0.970. The predicted octanol–water partition coefficient (Wildman–Crippen LogP) is 0.961. The number of terminal acetylenes is 1. The molecule has 1 aliphatic carbocycles. The van der Waals surface area contributed by atoms with Gasteiger partial charge in [-0.3, -0.25) is 4.79 Å². The van der Waals surface area contributed by atoms with Gasteiger partial charge < -0.3 is 4.74 Å². The number of hydrogen-bond donors (Lipinski definition) is 0. The standard InChI is InChI=1S/C8H10O2/c1-3-6(2)10-8(9)7-4-5-7/h1,6-7H,4-5H2,2H3. The molecule has 1 atom stereocenters. The third-order valence-corrected chi connectivity index (χ3v) is 1.44. The first-order valence-electron chi connectivity index (χ1n) is 3.40. The molecule has 0 heterocycles. The van der Waals surface area contributed by atoms with E-state index in [0.717, 1.165) is 12.8 Å². The summed E-state index contributed by atoms with van der Waals surface area (Å²) in [5, 5.41) is 0. The van der Waals surface area contributed by atoms with E-state index in [1.807, 2.05) is 0 Å². The van der Waals surface area contributed by atoms with Gasteiger partial charge in [-0.1, -0.05) is 5.92 Å². The Bertz CT molecular complexity index is 174. The van der Waals surface area contributed by atoms with E-state index in [2.05, 4.69) is 5.92 Å². The molecule has 0 aromatic rings. The van der Waals surface area contributed by atoms with Crippen LogP contribution >= 0.6 is 0 Å². The Morgan fingerprint density at radius 3 is 2.80 bits per heavy atom. The van der Waals surface area contributed by atoms with E-state index < -0.39 is 0 Å². The molecule has 1 rings (SSSR count). The van der Waals surface area contributed by atoms with Crippen molar-refractivity contribution in [2.45, 2.75) is 25.9 Å². The summed E-state index contributed by atoms with van der Waals surface area (Å²) in [4.78, 5) is 10.9. The Morgan fingerprint density at radius 2 is 2.40 bits per heavy atom. The van der Waals surface area contributed by atoms with Crippen molar-refractivity contribution in [3.63, 3.8) is 0 Å². The van der Waals surface area contributed by atoms with Gasteiger partial charge in [0.1, 0.15) is 0 Å². The second kappa shape index (κ2) is 2.74. The number of esters is 1. The predicted molar refractivity (Wildman–Crippen MR) is 37.1 cm³/mol. The van der Waals surface area contributed by atoms with E-state index in [1.165, 1.54) is 0 Å². The van der Waals surface area contributed by atoms with Crippen molar-refractivity contribution in [3.05, 3.63) is 0 Å². The lowest BCUT2D eigenvalue weighted by Gasteiger charge is -2.04. The van der Waals surface area contributed by atoms with Gasteiger partial charge in [0.15, 0.2) is 6.10 Å². The Labute approximate surface area is 60.6 Å². The van der Waals surface area contributed by atoms with Crippen molar-refractivity contribution in [3.8, 4) is 12.3 Å². The van der Waals surface area contributed by atoms with Gasteiger partial charge in [-0.15, -0.1) is 6.42 Å². The van der Waals surface area contributed by atoms with E-state index in [4.69, 9.17) is 11.2 Å². The highest BCUT2D eigenvalue weighted by Gasteiger charge is 2.31. The smallest absolute Gasteiger partial charge is 0.310 e. The largest absolute Gasteiger partial charge is 0.449 e. The average molecular weight is 138 g/mol. The number of hydrogen-bond acceptors (Lipinski definition) is 2. The lowest BCUT2D eigenvalue weighted by Crippen LogP contribution is -2.13. The topological polar surface area (TPSA) is 26.3 Å². The Morgan fingerprint density at radius 1 is 1.80 bits per heavy atom. The fourth-order valence-corrected chi connectivity index (χ4v) is 0.624. The lowest BCUT2D eigenvalue weighted by atomic mass is 10.4. The van der Waals surface area contributed by atoms with E-state index in [0.29, 0.717) is 0 Å². The Kier molecular flexibility index (Phi) is 1.96. The number of rotatable bonds is 2. The molecule has 0 bridgehead atoms. The summed E-state index contributed by atoms with van der Waals surface area (Å²) < 4.78 is 4.85. The molecule has 54 valence electrons. The number of carbonyl (C=O) groups is 1. The maximum absolute atomic E-state index is 10.9. The molecule has 0 aromatic heterocycles. The minimum atomic E-state index is -0.368. The average Bonchev–Trinajstić information content (AvgIpc) is 2.68. The quantitative estimate of drug-likeness (QED) is 0.419. The van der Waals surface area contributed by atoms with Crippen molar-refractivity contribution < 1.29 is 9.53 Å². The minimum absolute atomic E-state index is 0.134. The fraction of sp³-hybridized carbons (Fsp3) is 0.625. The zero-order chi connectivity index (χ0) is 7.56. The van der Waals surface area contributed by atoms with Gasteiger partial charge in [-0.2, -0.15) is 0 Å². The summed E-state index contributed by atoms with van der Waals surface area (Å²) in [6, 6.07) is 0. The summed E-state index contributed by atoms with van der Waals surface area (Å²) in [6.45, 7) is 1.69.